The van der Waals surface area contributed by atoms with E-state index in [0.29, 0.717) is 33.4 Å². The average molecular weight is 459 g/mol. The van der Waals surface area contributed by atoms with Crippen molar-refractivity contribution in [1.29, 1.82) is 0 Å². The van der Waals surface area contributed by atoms with Crippen LogP contribution in [0.3, 0.4) is 0 Å². The first-order chi connectivity index (χ1) is 16.4. The molecule has 3 heterocycles. The Morgan fingerprint density at radius 3 is 2.21 bits per heavy atom. The molecule has 0 fully saturated rings. The number of ether oxygens (including phenoxy) is 2. The minimum atomic E-state index is -2.09. The molecule has 0 bridgehead atoms. The zero-order valence-electron chi connectivity index (χ0n) is 18.6. The van der Waals surface area contributed by atoms with Crippen LogP contribution in [0.25, 0.3) is 22.2 Å². The van der Waals surface area contributed by atoms with Crippen LogP contribution < -0.4 is 5.63 Å². The van der Waals surface area contributed by atoms with Crippen molar-refractivity contribution in [3.63, 3.8) is 0 Å². The number of nitrogens with zero attached hydrogens (tertiary/aromatic N) is 1. The highest BCUT2D eigenvalue weighted by atomic mass is 16.6. The Morgan fingerprint density at radius 1 is 0.912 bits per heavy atom. The van der Waals surface area contributed by atoms with E-state index in [2.05, 4.69) is 0 Å². The van der Waals surface area contributed by atoms with E-state index in [1.165, 1.54) is 0 Å². The van der Waals surface area contributed by atoms with E-state index in [4.69, 9.17) is 13.9 Å². The number of hydrogen-bond acceptors (Lipinski definition) is 7. The molecular weight excluding hydrogens is 438 g/mol. The highest BCUT2D eigenvalue weighted by Gasteiger charge is 2.64. The molecule has 3 aromatic rings. The van der Waals surface area contributed by atoms with Crippen LogP contribution in [0.4, 0.5) is 0 Å². The highest BCUT2D eigenvalue weighted by molar-refractivity contribution is 6.24. The maximum Gasteiger partial charge on any atom is 0.344 e. The van der Waals surface area contributed by atoms with Gasteiger partial charge in [0.2, 0.25) is 5.54 Å². The molecular formula is C26H21NO7. The van der Waals surface area contributed by atoms with Gasteiger partial charge < -0.3 is 13.9 Å². The summed E-state index contributed by atoms with van der Waals surface area (Å²) in [4.78, 5) is 54.5. The van der Waals surface area contributed by atoms with E-state index in [-0.39, 0.29) is 25.2 Å². The second kappa shape index (κ2) is 7.98. The van der Waals surface area contributed by atoms with Crippen molar-refractivity contribution >= 4 is 40.1 Å². The maximum absolute atomic E-state index is 13.6. The fourth-order valence-electron chi connectivity index (χ4n) is 4.71. The van der Waals surface area contributed by atoms with Gasteiger partial charge in [0.15, 0.2) is 0 Å². The monoisotopic (exact) mass is 459 g/mol. The first-order valence-corrected chi connectivity index (χ1v) is 11.0. The highest BCUT2D eigenvalue weighted by Crippen LogP contribution is 2.52. The van der Waals surface area contributed by atoms with Crippen molar-refractivity contribution in [1.82, 2.24) is 4.90 Å². The molecule has 0 atom stereocenters. The molecule has 0 saturated carbocycles. The number of benzene rings is 2. The van der Waals surface area contributed by atoms with Crippen LogP contribution >= 0.6 is 0 Å². The van der Waals surface area contributed by atoms with Crippen molar-refractivity contribution in [2.45, 2.75) is 25.8 Å². The molecule has 0 unspecified atom stereocenters. The summed E-state index contributed by atoms with van der Waals surface area (Å²) in [7, 11) is 0. The molecule has 2 aliphatic rings. The van der Waals surface area contributed by atoms with Gasteiger partial charge in [-0.15, -0.1) is 0 Å². The number of rotatable bonds is 5. The van der Waals surface area contributed by atoms with Crippen molar-refractivity contribution in [3.8, 4) is 0 Å². The molecule has 8 heteroatoms. The third-order valence-electron chi connectivity index (χ3n) is 6.13. The molecule has 0 saturated heterocycles. The molecule has 2 aliphatic heterocycles. The van der Waals surface area contributed by atoms with Crippen LogP contribution in [-0.4, -0.2) is 41.5 Å². The van der Waals surface area contributed by atoms with Crippen LogP contribution in [0.5, 0.6) is 0 Å². The number of esters is 2. The smallest absolute Gasteiger partial charge is 0.344 e. The van der Waals surface area contributed by atoms with Gasteiger partial charge in [-0.25, -0.2) is 14.4 Å². The number of carbonyl (C=O) groups excluding carboxylic acids is 3. The lowest BCUT2D eigenvalue weighted by Gasteiger charge is -2.32. The molecule has 0 spiro atoms. The standard InChI is InChI=1S/C26H21NO7/c1-3-32-24(30)26(25(31)33-4-2)14-19(18-13-15-9-5-8-12-20(15)34-23(18)29)21-16-10-6-7-11-17(16)22(28)27(21)26/h5-13H,3-4,14H2,1-2H3. The van der Waals surface area contributed by atoms with Gasteiger partial charge in [-0.05, 0) is 37.6 Å². The summed E-state index contributed by atoms with van der Waals surface area (Å²) >= 11 is 0. The van der Waals surface area contributed by atoms with Gasteiger partial charge in [-0.1, -0.05) is 36.4 Å². The lowest BCUT2D eigenvalue weighted by Crippen LogP contribution is -2.59. The minimum absolute atomic E-state index is 0.00223. The summed E-state index contributed by atoms with van der Waals surface area (Å²) in [6.07, 6.45) is -0.275. The van der Waals surface area contributed by atoms with E-state index in [0.717, 1.165) is 4.90 Å². The number of amides is 1. The third kappa shape index (κ3) is 2.91. The Kier molecular flexibility index (Phi) is 5.08. The summed E-state index contributed by atoms with van der Waals surface area (Å²) in [6, 6.07) is 15.5. The van der Waals surface area contributed by atoms with Gasteiger partial charge >= 0.3 is 17.6 Å². The second-order valence-corrected chi connectivity index (χ2v) is 7.98. The lowest BCUT2D eigenvalue weighted by atomic mass is 9.89. The predicted octanol–water partition coefficient (Wildman–Crippen LogP) is 3.39. The Morgan fingerprint density at radius 2 is 1.53 bits per heavy atom. The van der Waals surface area contributed by atoms with Crippen LogP contribution in [0, 0.1) is 0 Å². The van der Waals surface area contributed by atoms with Gasteiger partial charge in [0.25, 0.3) is 5.91 Å². The van der Waals surface area contributed by atoms with E-state index in [9.17, 15) is 19.2 Å². The normalized spacial score (nSPS) is 15.9. The van der Waals surface area contributed by atoms with Crippen molar-refractivity contribution in [3.05, 3.63) is 81.7 Å². The fourth-order valence-corrected chi connectivity index (χ4v) is 4.71. The number of para-hydroxylation sites is 1. The second-order valence-electron chi connectivity index (χ2n) is 7.98. The molecule has 2 aromatic carbocycles. The van der Waals surface area contributed by atoms with Gasteiger partial charge in [0.05, 0.1) is 24.5 Å². The number of carbonyl (C=O) groups is 3. The molecule has 1 amide bonds. The van der Waals surface area contributed by atoms with Gasteiger partial charge in [-0.2, -0.15) is 0 Å². The molecule has 5 rings (SSSR count). The Bertz CT molecular complexity index is 1430. The molecule has 34 heavy (non-hydrogen) atoms. The zero-order chi connectivity index (χ0) is 24.0. The molecule has 0 aliphatic carbocycles. The number of fused-ring (bicyclic) bond motifs is 4. The van der Waals surface area contributed by atoms with E-state index < -0.39 is 29.0 Å². The lowest BCUT2D eigenvalue weighted by molar-refractivity contribution is -0.169. The largest absolute Gasteiger partial charge is 0.464 e. The van der Waals surface area contributed by atoms with Crippen LogP contribution in [0.15, 0.2) is 63.8 Å². The Labute approximate surface area is 194 Å². The summed E-state index contributed by atoms with van der Waals surface area (Å²) in [5, 5.41) is 0.666. The van der Waals surface area contributed by atoms with Crippen molar-refractivity contribution in [2.75, 3.05) is 13.2 Å². The van der Waals surface area contributed by atoms with E-state index in [1.807, 2.05) is 0 Å². The molecule has 172 valence electrons. The minimum Gasteiger partial charge on any atom is -0.464 e. The molecule has 0 radical (unpaired) electrons. The SMILES string of the molecule is CCOC(=O)C1(C(=O)OCC)CC(c2cc3ccccc3oc2=O)=C2c3ccccc3C(=O)N21. The Balaban J connectivity index is 1.82. The molecule has 0 N–H and O–H groups in total. The fraction of sp³-hybridized carbons (Fsp3) is 0.231. The summed E-state index contributed by atoms with van der Waals surface area (Å²) in [6.45, 7) is 3.22. The summed E-state index contributed by atoms with van der Waals surface area (Å²) < 4.78 is 16.1. The van der Waals surface area contributed by atoms with Crippen molar-refractivity contribution < 1.29 is 28.3 Å². The summed E-state index contributed by atoms with van der Waals surface area (Å²) in [5.74, 6) is -2.36. The molecule has 8 nitrogen and oxygen atoms in total. The van der Waals surface area contributed by atoms with Gasteiger partial charge in [0, 0.05) is 22.9 Å². The third-order valence-corrected chi connectivity index (χ3v) is 6.13. The number of hydrogen-bond donors (Lipinski definition) is 0. The topological polar surface area (TPSA) is 103 Å². The van der Waals surface area contributed by atoms with E-state index >= 15 is 0 Å². The van der Waals surface area contributed by atoms with Crippen LogP contribution in [0.1, 0.15) is 41.8 Å². The zero-order valence-corrected chi connectivity index (χ0v) is 18.6. The average Bonchev–Trinajstić information content (AvgIpc) is 3.34. The predicted molar refractivity (Wildman–Crippen MR) is 123 cm³/mol. The maximum atomic E-state index is 13.6. The van der Waals surface area contributed by atoms with Crippen molar-refractivity contribution in [2.24, 2.45) is 0 Å². The summed E-state index contributed by atoms with van der Waals surface area (Å²) in [5.41, 5.74) is -0.668. The first kappa shape index (κ1) is 21.6. The van der Waals surface area contributed by atoms with Crippen LogP contribution in [-0.2, 0) is 19.1 Å². The van der Waals surface area contributed by atoms with Crippen LogP contribution in [0.2, 0.25) is 0 Å². The van der Waals surface area contributed by atoms with Gasteiger partial charge in [-0.3, -0.25) is 9.69 Å². The van der Waals surface area contributed by atoms with Gasteiger partial charge in [0.1, 0.15) is 5.58 Å². The first-order valence-electron chi connectivity index (χ1n) is 11.0. The van der Waals surface area contributed by atoms with E-state index in [1.54, 1.807) is 68.4 Å². The quantitative estimate of drug-likeness (QED) is 0.327. The molecule has 1 aromatic heterocycles. The Hall–Kier alpha value is -4.20.